The van der Waals surface area contributed by atoms with Gasteiger partial charge in [-0.25, -0.2) is 0 Å². The number of azo groups is 1. The molecule has 0 atom stereocenters. The van der Waals surface area contributed by atoms with Crippen molar-refractivity contribution in [3.63, 3.8) is 0 Å². The molecule has 0 fully saturated rings. The van der Waals surface area contributed by atoms with Crippen LogP contribution in [0.15, 0.2) is 87.8 Å². The Kier molecular flexibility index (Phi) is 8.15. The van der Waals surface area contributed by atoms with Crippen LogP contribution in [0.2, 0.25) is 0 Å². The first-order valence-corrected chi connectivity index (χ1v) is 11.7. The first-order chi connectivity index (χ1) is 17.6. The SMILES string of the molecule is CCN(CCO)c1ccc(N=Nc2c(-c3ccc(OCc4ccccc4)c(OC)c3)[nH][nH]c2=O)cc1. The van der Waals surface area contributed by atoms with E-state index < -0.39 is 0 Å². The van der Waals surface area contributed by atoms with Crippen LogP contribution in [0.25, 0.3) is 11.3 Å². The van der Waals surface area contributed by atoms with E-state index >= 15 is 0 Å². The van der Waals surface area contributed by atoms with Crippen LogP contribution < -0.4 is 19.9 Å². The van der Waals surface area contributed by atoms with Gasteiger partial charge in [-0.3, -0.25) is 15.0 Å². The van der Waals surface area contributed by atoms with Gasteiger partial charge in [0.05, 0.1) is 25.1 Å². The van der Waals surface area contributed by atoms with Crippen molar-refractivity contribution in [2.45, 2.75) is 13.5 Å². The normalized spacial score (nSPS) is 11.1. The molecule has 0 spiro atoms. The molecule has 36 heavy (non-hydrogen) atoms. The Labute approximate surface area is 209 Å². The van der Waals surface area contributed by atoms with Crippen molar-refractivity contribution in [3.8, 4) is 22.8 Å². The number of aromatic amines is 2. The van der Waals surface area contributed by atoms with Crippen molar-refractivity contribution in [2.75, 3.05) is 31.7 Å². The topological polar surface area (TPSA) is 115 Å². The van der Waals surface area contributed by atoms with Crippen LogP contribution in [-0.2, 0) is 6.61 Å². The van der Waals surface area contributed by atoms with E-state index in [2.05, 4.69) is 25.3 Å². The first-order valence-electron chi connectivity index (χ1n) is 11.7. The van der Waals surface area contributed by atoms with Crippen molar-refractivity contribution in [1.82, 2.24) is 10.2 Å². The number of methoxy groups -OCH3 is 1. The fraction of sp³-hybridized carbons (Fsp3) is 0.222. The quantitative estimate of drug-likeness (QED) is 0.252. The summed E-state index contributed by atoms with van der Waals surface area (Å²) in [6.45, 7) is 3.85. The summed E-state index contributed by atoms with van der Waals surface area (Å²) in [4.78, 5) is 14.5. The number of nitrogens with one attached hydrogen (secondary N) is 2. The summed E-state index contributed by atoms with van der Waals surface area (Å²) in [5.41, 5.74) is 3.60. The van der Waals surface area contributed by atoms with E-state index in [4.69, 9.17) is 9.47 Å². The molecule has 0 saturated carbocycles. The van der Waals surface area contributed by atoms with Crippen LogP contribution in [0, 0.1) is 0 Å². The number of likely N-dealkylation sites (N-methyl/N-ethyl adjacent to an activating group) is 1. The lowest BCUT2D eigenvalue weighted by Gasteiger charge is -2.21. The van der Waals surface area contributed by atoms with Gasteiger partial charge in [-0.2, -0.15) is 5.11 Å². The molecule has 0 aliphatic carbocycles. The van der Waals surface area contributed by atoms with Gasteiger partial charge in [0, 0.05) is 24.3 Å². The minimum atomic E-state index is -0.381. The van der Waals surface area contributed by atoms with Gasteiger partial charge in [-0.1, -0.05) is 30.3 Å². The molecule has 0 aliphatic rings. The van der Waals surface area contributed by atoms with E-state index in [0.717, 1.165) is 17.8 Å². The Morgan fingerprint density at radius 3 is 2.42 bits per heavy atom. The van der Waals surface area contributed by atoms with Crippen molar-refractivity contribution in [1.29, 1.82) is 0 Å². The van der Waals surface area contributed by atoms with E-state index in [1.54, 1.807) is 19.2 Å². The van der Waals surface area contributed by atoms with Crippen LogP contribution >= 0.6 is 0 Å². The van der Waals surface area contributed by atoms with Gasteiger partial charge in [0.1, 0.15) is 6.61 Å². The van der Waals surface area contributed by atoms with Gasteiger partial charge < -0.3 is 19.5 Å². The molecule has 0 bridgehead atoms. The van der Waals surface area contributed by atoms with Crippen molar-refractivity contribution in [3.05, 3.63) is 88.7 Å². The molecule has 0 amide bonds. The van der Waals surface area contributed by atoms with E-state index in [0.29, 0.717) is 41.6 Å². The molecule has 186 valence electrons. The molecule has 1 aromatic heterocycles. The van der Waals surface area contributed by atoms with E-state index in [9.17, 15) is 9.90 Å². The summed E-state index contributed by atoms with van der Waals surface area (Å²) < 4.78 is 11.5. The van der Waals surface area contributed by atoms with Crippen LogP contribution in [0.1, 0.15) is 12.5 Å². The molecule has 9 nitrogen and oxygen atoms in total. The summed E-state index contributed by atoms with van der Waals surface area (Å²) in [6, 6.07) is 22.7. The highest BCUT2D eigenvalue weighted by atomic mass is 16.5. The fourth-order valence-electron chi connectivity index (χ4n) is 3.76. The van der Waals surface area contributed by atoms with Crippen LogP contribution in [-0.4, -0.2) is 42.1 Å². The number of hydrogen-bond acceptors (Lipinski definition) is 7. The Morgan fingerprint density at radius 2 is 1.72 bits per heavy atom. The average molecular weight is 488 g/mol. The minimum Gasteiger partial charge on any atom is -0.493 e. The lowest BCUT2D eigenvalue weighted by molar-refractivity contribution is 0.284. The zero-order valence-electron chi connectivity index (χ0n) is 20.3. The van der Waals surface area contributed by atoms with Crippen LogP contribution in [0.3, 0.4) is 0 Å². The molecule has 3 N–H and O–H groups in total. The number of nitrogens with zero attached hydrogens (tertiary/aromatic N) is 3. The van der Waals surface area contributed by atoms with Gasteiger partial charge in [0.2, 0.25) is 0 Å². The summed E-state index contributed by atoms with van der Waals surface area (Å²) in [6.07, 6.45) is 0. The third kappa shape index (κ3) is 5.81. The van der Waals surface area contributed by atoms with Crippen molar-refractivity contribution >= 4 is 17.1 Å². The highest BCUT2D eigenvalue weighted by Gasteiger charge is 2.15. The Balaban J connectivity index is 1.54. The van der Waals surface area contributed by atoms with Crippen molar-refractivity contribution in [2.24, 2.45) is 10.2 Å². The number of anilines is 1. The minimum absolute atomic E-state index is 0.0826. The largest absolute Gasteiger partial charge is 0.493 e. The molecular formula is C27H29N5O4. The maximum Gasteiger partial charge on any atom is 0.292 e. The second-order valence-electron chi connectivity index (χ2n) is 7.96. The Bertz CT molecular complexity index is 1350. The fourth-order valence-corrected chi connectivity index (χ4v) is 3.76. The second-order valence-corrected chi connectivity index (χ2v) is 7.96. The molecule has 9 heteroatoms. The van der Waals surface area contributed by atoms with Gasteiger partial charge in [0.25, 0.3) is 5.56 Å². The Morgan fingerprint density at radius 1 is 0.944 bits per heavy atom. The van der Waals surface area contributed by atoms with E-state index in [1.807, 2.05) is 67.6 Å². The summed E-state index contributed by atoms with van der Waals surface area (Å²) in [5, 5.41) is 23.2. The predicted molar refractivity (Wildman–Crippen MR) is 140 cm³/mol. The number of aromatic nitrogens is 2. The highest BCUT2D eigenvalue weighted by molar-refractivity contribution is 5.73. The smallest absolute Gasteiger partial charge is 0.292 e. The van der Waals surface area contributed by atoms with Crippen LogP contribution in [0.4, 0.5) is 17.1 Å². The van der Waals surface area contributed by atoms with E-state index in [-0.39, 0.29) is 17.9 Å². The monoisotopic (exact) mass is 487 g/mol. The zero-order chi connectivity index (χ0) is 25.3. The summed E-state index contributed by atoms with van der Waals surface area (Å²) in [7, 11) is 1.57. The summed E-state index contributed by atoms with van der Waals surface area (Å²) >= 11 is 0. The average Bonchev–Trinajstić information content (AvgIpc) is 3.30. The maximum atomic E-state index is 12.4. The molecule has 0 radical (unpaired) electrons. The number of H-pyrrole nitrogens is 2. The third-order valence-electron chi connectivity index (χ3n) is 5.67. The molecule has 4 rings (SSSR count). The number of aliphatic hydroxyl groups is 1. The molecule has 3 aromatic carbocycles. The number of aliphatic hydroxyl groups excluding tert-OH is 1. The van der Waals surface area contributed by atoms with Gasteiger partial charge in [-0.05, 0) is 55.0 Å². The predicted octanol–water partition coefficient (Wildman–Crippen LogP) is 5.19. The van der Waals surface area contributed by atoms with E-state index in [1.165, 1.54) is 0 Å². The molecule has 0 unspecified atom stereocenters. The number of ether oxygens (including phenoxy) is 2. The third-order valence-corrected chi connectivity index (χ3v) is 5.67. The van der Waals surface area contributed by atoms with Gasteiger partial charge in [-0.15, -0.1) is 5.11 Å². The molecule has 0 aliphatic heterocycles. The molecular weight excluding hydrogens is 458 g/mol. The van der Waals surface area contributed by atoms with Gasteiger partial charge in [0.15, 0.2) is 17.2 Å². The number of hydrogen-bond donors (Lipinski definition) is 3. The number of rotatable bonds is 11. The second kappa shape index (κ2) is 11.9. The highest BCUT2D eigenvalue weighted by Crippen LogP contribution is 2.35. The van der Waals surface area contributed by atoms with Crippen molar-refractivity contribution < 1.29 is 14.6 Å². The Hall–Kier alpha value is -4.37. The maximum absolute atomic E-state index is 12.4. The summed E-state index contributed by atoms with van der Waals surface area (Å²) in [5.74, 6) is 1.13. The standard InChI is InChI=1S/C27H29N5O4/c1-3-32(15-16-33)22-12-10-21(11-13-22)28-30-26-25(29-31-27(26)34)20-9-14-23(24(17-20)35-2)36-18-19-7-5-4-6-8-19/h4-14,17,33H,3,15-16,18H2,1-2H3,(H2,29,31,34). The van der Waals surface area contributed by atoms with Crippen LogP contribution in [0.5, 0.6) is 11.5 Å². The molecule has 4 aromatic rings. The molecule has 0 saturated heterocycles. The lowest BCUT2D eigenvalue weighted by Crippen LogP contribution is -2.25. The number of benzene rings is 3. The molecule has 1 heterocycles. The lowest BCUT2D eigenvalue weighted by atomic mass is 10.1. The zero-order valence-corrected chi connectivity index (χ0v) is 20.3. The first kappa shape index (κ1) is 24.7. The van der Waals surface area contributed by atoms with Gasteiger partial charge >= 0.3 is 0 Å².